The molecule has 22 heavy (non-hydrogen) atoms. The molecule has 1 saturated heterocycles. The van der Waals surface area contributed by atoms with Gasteiger partial charge in [-0.15, -0.1) is 0 Å². The molecule has 2 aromatic rings. The summed E-state index contributed by atoms with van der Waals surface area (Å²) in [5.41, 5.74) is 1.32. The van der Waals surface area contributed by atoms with E-state index < -0.39 is 0 Å². The van der Waals surface area contributed by atoms with Gasteiger partial charge in [-0.2, -0.15) is 0 Å². The fourth-order valence-electron chi connectivity index (χ4n) is 3.04. The average molecular weight is 297 g/mol. The van der Waals surface area contributed by atoms with Crippen molar-refractivity contribution in [3.8, 4) is 0 Å². The smallest absolute Gasteiger partial charge is 0.131 e. The molecule has 0 N–H and O–H groups in total. The van der Waals surface area contributed by atoms with Crippen LogP contribution in [-0.4, -0.2) is 52.6 Å². The van der Waals surface area contributed by atoms with Gasteiger partial charge in [-0.3, -0.25) is 4.98 Å². The maximum atomic E-state index is 4.34. The summed E-state index contributed by atoms with van der Waals surface area (Å²) in [4.78, 5) is 17.4. The molecule has 0 bridgehead atoms. The second kappa shape index (κ2) is 7.31. The lowest BCUT2D eigenvalue weighted by Crippen LogP contribution is -2.44. The van der Waals surface area contributed by atoms with Gasteiger partial charge in [0.05, 0.1) is 0 Å². The van der Waals surface area contributed by atoms with Crippen molar-refractivity contribution in [1.82, 2.24) is 19.9 Å². The van der Waals surface area contributed by atoms with Crippen molar-refractivity contribution in [3.05, 3.63) is 48.7 Å². The van der Waals surface area contributed by atoms with Gasteiger partial charge < -0.3 is 9.80 Å². The molecule has 116 valence electrons. The number of pyridine rings is 1. The Labute approximate surface area is 132 Å². The Morgan fingerprint density at radius 3 is 2.73 bits per heavy atom. The van der Waals surface area contributed by atoms with E-state index in [1.807, 2.05) is 30.7 Å². The first-order valence-corrected chi connectivity index (χ1v) is 7.93. The summed E-state index contributed by atoms with van der Waals surface area (Å²) in [6, 6.07) is 6.72. The summed E-state index contributed by atoms with van der Waals surface area (Å²) >= 11 is 0. The van der Waals surface area contributed by atoms with Crippen LogP contribution >= 0.6 is 0 Å². The van der Waals surface area contributed by atoms with Crippen LogP contribution in [0.5, 0.6) is 0 Å². The van der Waals surface area contributed by atoms with E-state index in [-0.39, 0.29) is 0 Å². The molecule has 0 radical (unpaired) electrons. The predicted octanol–water partition coefficient (Wildman–Crippen LogP) is 2.01. The summed E-state index contributed by atoms with van der Waals surface area (Å²) in [5, 5.41) is 0. The lowest BCUT2D eigenvalue weighted by molar-refractivity contribution is 0.213. The van der Waals surface area contributed by atoms with Gasteiger partial charge in [0.25, 0.3) is 0 Å². The van der Waals surface area contributed by atoms with Gasteiger partial charge in [-0.1, -0.05) is 6.07 Å². The number of hydrogen-bond donors (Lipinski definition) is 0. The number of likely N-dealkylation sites (tertiary alicyclic amines) is 1. The standard InChI is InChI=1S/C17H23N5/c1-21(17-4-9-19-14-20-17)16-6-11-22(12-7-16)10-5-15-3-2-8-18-13-15/h2-4,8-9,13-14,16H,5-7,10-12H2,1H3. The maximum absolute atomic E-state index is 4.34. The second-order valence-electron chi connectivity index (χ2n) is 5.86. The molecule has 0 unspecified atom stereocenters. The monoisotopic (exact) mass is 297 g/mol. The third-order valence-electron chi connectivity index (χ3n) is 4.47. The van der Waals surface area contributed by atoms with Crippen LogP contribution in [0.2, 0.25) is 0 Å². The largest absolute Gasteiger partial charge is 0.356 e. The van der Waals surface area contributed by atoms with Crippen LogP contribution in [0, 0.1) is 0 Å². The molecule has 3 heterocycles. The molecule has 1 aliphatic heterocycles. The molecule has 5 nitrogen and oxygen atoms in total. The first-order chi connectivity index (χ1) is 10.8. The lowest BCUT2D eigenvalue weighted by atomic mass is 10.0. The van der Waals surface area contributed by atoms with Crippen LogP contribution in [0.4, 0.5) is 5.82 Å². The molecule has 1 fully saturated rings. The summed E-state index contributed by atoms with van der Waals surface area (Å²) < 4.78 is 0. The van der Waals surface area contributed by atoms with Gasteiger partial charge in [0, 0.05) is 51.3 Å². The molecule has 2 aromatic heterocycles. The summed E-state index contributed by atoms with van der Waals surface area (Å²) in [6.07, 6.45) is 10.7. The van der Waals surface area contributed by atoms with Crippen LogP contribution in [0.3, 0.4) is 0 Å². The fraction of sp³-hybridized carbons (Fsp3) is 0.471. The topological polar surface area (TPSA) is 45.2 Å². The van der Waals surface area contributed by atoms with Crippen LogP contribution in [-0.2, 0) is 6.42 Å². The first kappa shape index (κ1) is 14.9. The normalized spacial score (nSPS) is 16.6. The number of rotatable bonds is 5. The van der Waals surface area contributed by atoms with E-state index in [1.165, 1.54) is 18.4 Å². The van der Waals surface area contributed by atoms with Gasteiger partial charge in [0.2, 0.25) is 0 Å². The molecule has 3 rings (SSSR count). The molecule has 1 aliphatic rings. The van der Waals surface area contributed by atoms with Crippen LogP contribution in [0.25, 0.3) is 0 Å². The molecular weight excluding hydrogens is 274 g/mol. The van der Waals surface area contributed by atoms with Gasteiger partial charge >= 0.3 is 0 Å². The molecule has 0 amide bonds. The van der Waals surface area contributed by atoms with Gasteiger partial charge in [-0.25, -0.2) is 9.97 Å². The van der Waals surface area contributed by atoms with Gasteiger partial charge in [0.15, 0.2) is 0 Å². The third-order valence-corrected chi connectivity index (χ3v) is 4.47. The minimum atomic E-state index is 0.574. The van der Waals surface area contributed by atoms with Crippen molar-refractivity contribution in [3.63, 3.8) is 0 Å². The van der Waals surface area contributed by atoms with E-state index in [1.54, 1.807) is 6.33 Å². The Kier molecular flexibility index (Phi) is 4.96. The number of piperidine rings is 1. The molecule has 0 atom stereocenters. The maximum Gasteiger partial charge on any atom is 0.131 e. The van der Waals surface area contributed by atoms with Crippen LogP contribution < -0.4 is 4.90 Å². The molecule has 5 heteroatoms. The van der Waals surface area contributed by atoms with E-state index in [2.05, 4.69) is 37.9 Å². The minimum absolute atomic E-state index is 0.574. The zero-order chi connectivity index (χ0) is 15.2. The Morgan fingerprint density at radius 1 is 1.18 bits per heavy atom. The third kappa shape index (κ3) is 3.80. The Morgan fingerprint density at radius 2 is 2.05 bits per heavy atom. The number of nitrogens with zero attached hydrogens (tertiary/aromatic N) is 5. The average Bonchev–Trinajstić information content (AvgIpc) is 2.61. The van der Waals surface area contributed by atoms with Gasteiger partial charge in [0.1, 0.15) is 12.1 Å². The highest BCUT2D eigenvalue weighted by Crippen LogP contribution is 2.20. The van der Waals surface area contributed by atoms with Crippen molar-refractivity contribution in [2.45, 2.75) is 25.3 Å². The van der Waals surface area contributed by atoms with Crippen LogP contribution in [0.1, 0.15) is 18.4 Å². The van der Waals surface area contributed by atoms with Crippen molar-refractivity contribution >= 4 is 5.82 Å². The van der Waals surface area contributed by atoms with Crippen molar-refractivity contribution in [2.75, 3.05) is 31.6 Å². The highest BCUT2D eigenvalue weighted by molar-refractivity contribution is 5.36. The summed E-state index contributed by atoms with van der Waals surface area (Å²) in [5.74, 6) is 1.02. The zero-order valence-corrected chi connectivity index (χ0v) is 13.1. The molecular formula is C17H23N5. The minimum Gasteiger partial charge on any atom is -0.356 e. The molecule has 0 aliphatic carbocycles. The first-order valence-electron chi connectivity index (χ1n) is 7.93. The number of aromatic nitrogens is 3. The highest BCUT2D eigenvalue weighted by Gasteiger charge is 2.22. The SMILES string of the molecule is CN(c1ccncn1)C1CCN(CCc2cccnc2)CC1. The van der Waals surface area contributed by atoms with E-state index in [0.717, 1.165) is 31.9 Å². The molecule has 0 spiro atoms. The van der Waals surface area contributed by atoms with Gasteiger partial charge in [-0.05, 0) is 37.0 Å². The predicted molar refractivity (Wildman–Crippen MR) is 87.8 cm³/mol. The van der Waals surface area contributed by atoms with E-state index in [9.17, 15) is 0 Å². The highest BCUT2D eigenvalue weighted by atomic mass is 15.2. The second-order valence-corrected chi connectivity index (χ2v) is 5.86. The van der Waals surface area contributed by atoms with E-state index in [0.29, 0.717) is 6.04 Å². The summed E-state index contributed by atoms with van der Waals surface area (Å²) in [7, 11) is 2.14. The number of hydrogen-bond acceptors (Lipinski definition) is 5. The van der Waals surface area contributed by atoms with E-state index >= 15 is 0 Å². The lowest BCUT2D eigenvalue weighted by Gasteiger charge is -2.37. The Balaban J connectivity index is 1.46. The summed E-state index contributed by atoms with van der Waals surface area (Å²) in [6.45, 7) is 3.43. The van der Waals surface area contributed by atoms with Crippen molar-refractivity contribution < 1.29 is 0 Å². The molecule has 0 saturated carbocycles. The molecule has 0 aromatic carbocycles. The number of anilines is 1. The Hall–Kier alpha value is -2.01. The quantitative estimate of drug-likeness (QED) is 0.845. The van der Waals surface area contributed by atoms with E-state index in [4.69, 9.17) is 0 Å². The van der Waals surface area contributed by atoms with Crippen molar-refractivity contribution in [2.24, 2.45) is 0 Å². The Bertz CT molecular complexity index is 552. The zero-order valence-electron chi connectivity index (χ0n) is 13.1. The fourth-order valence-corrected chi connectivity index (χ4v) is 3.04. The van der Waals surface area contributed by atoms with Crippen molar-refractivity contribution in [1.29, 1.82) is 0 Å². The van der Waals surface area contributed by atoms with Crippen LogP contribution in [0.15, 0.2) is 43.1 Å².